The summed E-state index contributed by atoms with van der Waals surface area (Å²) in [6.45, 7) is 5.45. The van der Waals surface area contributed by atoms with E-state index >= 15 is 0 Å². The van der Waals surface area contributed by atoms with Gasteiger partial charge in [0.2, 0.25) is 5.95 Å². The molecule has 2 aromatic heterocycles. The van der Waals surface area contributed by atoms with Gasteiger partial charge in [0.05, 0.1) is 0 Å². The first-order chi connectivity index (χ1) is 10.3. The molecule has 1 atom stereocenters. The fraction of sp³-hybridized carbons (Fsp3) is 0.625. The van der Waals surface area contributed by atoms with Crippen LogP contribution in [0.3, 0.4) is 0 Å². The molecule has 5 nitrogen and oxygen atoms in total. The summed E-state index contributed by atoms with van der Waals surface area (Å²) in [5, 5.41) is 8.29. The number of fused-ring (bicyclic) bond motifs is 1. The number of pyridine rings is 1. The first-order valence-corrected chi connectivity index (χ1v) is 8.11. The van der Waals surface area contributed by atoms with E-state index in [1.807, 2.05) is 16.8 Å². The monoisotopic (exact) mass is 285 g/mol. The van der Waals surface area contributed by atoms with Crippen LogP contribution in [0.1, 0.15) is 31.2 Å². The number of anilines is 1. The molecule has 1 unspecified atom stereocenters. The fourth-order valence-corrected chi connectivity index (χ4v) is 3.72. The molecule has 0 spiro atoms. The SMILES string of the molecule is Cc1ccc2nc(N3CCC(C4CCCN4)CC3)nn2c1. The minimum Gasteiger partial charge on any atom is -0.339 e. The normalized spacial score (nSPS) is 24.0. The highest BCUT2D eigenvalue weighted by Crippen LogP contribution is 2.27. The van der Waals surface area contributed by atoms with Crippen LogP contribution in [0.5, 0.6) is 0 Å². The molecule has 4 heterocycles. The summed E-state index contributed by atoms with van der Waals surface area (Å²) in [5.74, 6) is 1.72. The third-order valence-corrected chi connectivity index (χ3v) is 4.96. The van der Waals surface area contributed by atoms with Crippen molar-refractivity contribution in [3.05, 3.63) is 23.9 Å². The minimum atomic E-state index is 0.754. The van der Waals surface area contributed by atoms with Crippen molar-refractivity contribution < 1.29 is 0 Å². The molecule has 2 aliphatic rings. The van der Waals surface area contributed by atoms with Gasteiger partial charge in [-0.1, -0.05) is 6.07 Å². The van der Waals surface area contributed by atoms with Crippen molar-refractivity contribution in [1.82, 2.24) is 19.9 Å². The van der Waals surface area contributed by atoms with E-state index in [-0.39, 0.29) is 0 Å². The second-order valence-corrected chi connectivity index (χ2v) is 6.45. The lowest BCUT2D eigenvalue weighted by atomic mass is 9.89. The zero-order chi connectivity index (χ0) is 14.2. The fourth-order valence-electron chi connectivity index (χ4n) is 3.72. The molecule has 1 N–H and O–H groups in total. The van der Waals surface area contributed by atoms with E-state index in [0.717, 1.165) is 36.6 Å². The molecule has 4 rings (SSSR count). The van der Waals surface area contributed by atoms with Crippen molar-refractivity contribution in [2.24, 2.45) is 5.92 Å². The van der Waals surface area contributed by atoms with Crippen LogP contribution in [0, 0.1) is 12.8 Å². The number of piperidine rings is 1. The van der Waals surface area contributed by atoms with Gasteiger partial charge in [-0.3, -0.25) is 0 Å². The Balaban J connectivity index is 1.46. The zero-order valence-corrected chi connectivity index (χ0v) is 12.6. The van der Waals surface area contributed by atoms with E-state index in [0.29, 0.717) is 0 Å². The quantitative estimate of drug-likeness (QED) is 0.917. The predicted octanol–water partition coefficient (Wildman–Crippen LogP) is 2.01. The third-order valence-electron chi connectivity index (χ3n) is 4.96. The summed E-state index contributed by atoms with van der Waals surface area (Å²) in [7, 11) is 0. The Kier molecular flexibility index (Phi) is 3.30. The van der Waals surface area contributed by atoms with Crippen LogP contribution in [-0.4, -0.2) is 40.3 Å². The molecular weight excluding hydrogens is 262 g/mol. The van der Waals surface area contributed by atoms with E-state index in [4.69, 9.17) is 0 Å². The van der Waals surface area contributed by atoms with Crippen molar-refractivity contribution in [1.29, 1.82) is 0 Å². The summed E-state index contributed by atoms with van der Waals surface area (Å²) in [4.78, 5) is 7.00. The second-order valence-electron chi connectivity index (χ2n) is 6.45. The second kappa shape index (κ2) is 5.30. The summed E-state index contributed by atoms with van der Waals surface area (Å²) in [6.07, 6.45) is 7.26. The Hall–Kier alpha value is -1.62. The molecule has 0 aromatic carbocycles. The lowest BCUT2D eigenvalue weighted by Crippen LogP contribution is -2.41. The molecule has 2 saturated heterocycles. The average Bonchev–Trinajstić information content (AvgIpc) is 3.16. The van der Waals surface area contributed by atoms with Gasteiger partial charge in [-0.05, 0) is 56.7 Å². The molecule has 0 radical (unpaired) electrons. The van der Waals surface area contributed by atoms with Crippen LogP contribution in [0.15, 0.2) is 18.3 Å². The number of hydrogen-bond acceptors (Lipinski definition) is 4. The van der Waals surface area contributed by atoms with Crippen LogP contribution >= 0.6 is 0 Å². The Morgan fingerprint density at radius 2 is 2.05 bits per heavy atom. The average molecular weight is 285 g/mol. The standard InChI is InChI=1S/C16H23N5/c1-12-4-5-15-18-16(19-21(15)11-12)20-9-6-13(7-10-20)14-3-2-8-17-14/h4-5,11,13-14,17H,2-3,6-10H2,1H3. The summed E-state index contributed by atoms with van der Waals surface area (Å²) in [5.41, 5.74) is 2.15. The Bertz CT molecular complexity index is 621. The van der Waals surface area contributed by atoms with Crippen molar-refractivity contribution in [3.63, 3.8) is 0 Å². The van der Waals surface area contributed by atoms with E-state index in [1.54, 1.807) is 0 Å². The number of aromatic nitrogens is 3. The lowest BCUT2D eigenvalue weighted by molar-refractivity contribution is 0.317. The highest BCUT2D eigenvalue weighted by Gasteiger charge is 2.29. The van der Waals surface area contributed by atoms with Crippen LogP contribution in [0.4, 0.5) is 5.95 Å². The molecule has 0 saturated carbocycles. The van der Waals surface area contributed by atoms with E-state index in [1.165, 1.54) is 37.8 Å². The van der Waals surface area contributed by atoms with E-state index in [9.17, 15) is 0 Å². The maximum Gasteiger partial charge on any atom is 0.245 e. The van der Waals surface area contributed by atoms with Crippen LogP contribution in [0.25, 0.3) is 5.65 Å². The third kappa shape index (κ3) is 2.50. The largest absolute Gasteiger partial charge is 0.339 e. The smallest absolute Gasteiger partial charge is 0.245 e. The summed E-state index contributed by atoms with van der Waals surface area (Å²) < 4.78 is 1.90. The predicted molar refractivity (Wildman–Crippen MR) is 83.7 cm³/mol. The first-order valence-electron chi connectivity index (χ1n) is 8.11. The Labute approximate surface area is 125 Å². The first kappa shape index (κ1) is 13.1. The molecule has 0 amide bonds. The van der Waals surface area contributed by atoms with Gasteiger partial charge in [-0.2, -0.15) is 4.98 Å². The van der Waals surface area contributed by atoms with Gasteiger partial charge >= 0.3 is 0 Å². The molecule has 21 heavy (non-hydrogen) atoms. The Morgan fingerprint density at radius 3 is 2.81 bits per heavy atom. The van der Waals surface area contributed by atoms with Crippen LogP contribution in [0.2, 0.25) is 0 Å². The topological polar surface area (TPSA) is 45.5 Å². The van der Waals surface area contributed by atoms with Crippen molar-refractivity contribution in [2.45, 2.75) is 38.6 Å². The molecule has 0 aliphatic carbocycles. The van der Waals surface area contributed by atoms with Gasteiger partial charge < -0.3 is 10.2 Å². The number of hydrogen-bond donors (Lipinski definition) is 1. The molecular formula is C16H23N5. The van der Waals surface area contributed by atoms with Gasteiger partial charge in [-0.15, -0.1) is 5.10 Å². The number of nitrogens with zero attached hydrogens (tertiary/aromatic N) is 4. The van der Waals surface area contributed by atoms with Crippen molar-refractivity contribution in [3.8, 4) is 0 Å². The maximum atomic E-state index is 4.66. The minimum absolute atomic E-state index is 0.754. The van der Waals surface area contributed by atoms with E-state index in [2.05, 4.69) is 33.3 Å². The van der Waals surface area contributed by atoms with E-state index < -0.39 is 0 Å². The summed E-state index contributed by atoms with van der Waals surface area (Å²) in [6, 6.07) is 4.89. The van der Waals surface area contributed by atoms with Gasteiger partial charge in [0.15, 0.2) is 5.65 Å². The van der Waals surface area contributed by atoms with Gasteiger partial charge in [-0.25, -0.2) is 4.52 Å². The number of aryl methyl sites for hydroxylation is 1. The molecule has 5 heteroatoms. The number of rotatable bonds is 2. The molecule has 2 fully saturated rings. The highest BCUT2D eigenvalue weighted by atomic mass is 15.4. The van der Waals surface area contributed by atoms with Gasteiger partial charge in [0.25, 0.3) is 0 Å². The van der Waals surface area contributed by atoms with Crippen molar-refractivity contribution >= 4 is 11.6 Å². The molecule has 112 valence electrons. The lowest BCUT2D eigenvalue weighted by Gasteiger charge is -2.34. The summed E-state index contributed by atoms with van der Waals surface area (Å²) >= 11 is 0. The van der Waals surface area contributed by atoms with Crippen molar-refractivity contribution in [2.75, 3.05) is 24.5 Å². The Morgan fingerprint density at radius 1 is 1.19 bits per heavy atom. The van der Waals surface area contributed by atoms with Gasteiger partial charge in [0, 0.05) is 25.3 Å². The molecule has 2 aromatic rings. The number of nitrogens with one attached hydrogen (secondary N) is 1. The molecule has 0 bridgehead atoms. The van der Waals surface area contributed by atoms with Gasteiger partial charge in [0.1, 0.15) is 0 Å². The van der Waals surface area contributed by atoms with Crippen LogP contribution < -0.4 is 10.2 Å². The molecule has 2 aliphatic heterocycles. The maximum absolute atomic E-state index is 4.66. The highest BCUT2D eigenvalue weighted by molar-refractivity contribution is 5.45. The van der Waals surface area contributed by atoms with Crippen LogP contribution in [-0.2, 0) is 0 Å². The zero-order valence-electron chi connectivity index (χ0n) is 12.6.